The number of carbonyl (C=O) groups excluding carboxylic acids is 1. The van der Waals surface area contributed by atoms with E-state index in [1.807, 2.05) is 0 Å². The Morgan fingerprint density at radius 3 is 1.84 bits per heavy atom. The molecule has 0 fully saturated rings. The zero-order valence-electron chi connectivity index (χ0n) is 9.31. The summed E-state index contributed by atoms with van der Waals surface area (Å²) < 4.78 is 28.1. The van der Waals surface area contributed by atoms with Gasteiger partial charge in [-0.15, -0.1) is 0 Å². The summed E-state index contributed by atoms with van der Waals surface area (Å²) >= 11 is 0. The van der Waals surface area contributed by atoms with Crippen LogP contribution >= 0.6 is 0 Å². The fourth-order valence-corrected chi connectivity index (χ4v) is 2.24. The van der Waals surface area contributed by atoms with Gasteiger partial charge in [-0.1, -0.05) is 36.4 Å². The van der Waals surface area contributed by atoms with Crippen molar-refractivity contribution in [3.8, 4) is 0 Å². The van der Waals surface area contributed by atoms with E-state index in [1.54, 1.807) is 36.4 Å². The molecule has 0 bridgehead atoms. The molecule has 0 saturated carbocycles. The Balaban J connectivity index is 0.00000180. The van der Waals surface area contributed by atoms with Gasteiger partial charge in [0, 0.05) is 0 Å². The maximum atomic E-state index is 11.8. The Kier molecular flexibility index (Phi) is 6.38. The third-order valence-corrected chi connectivity index (χ3v) is 3.45. The van der Waals surface area contributed by atoms with E-state index in [1.165, 1.54) is 24.3 Å². The van der Waals surface area contributed by atoms with E-state index >= 15 is 0 Å². The molecule has 19 heavy (non-hydrogen) atoms. The fourth-order valence-electron chi connectivity index (χ4n) is 1.36. The average Bonchev–Trinajstić information content (AvgIpc) is 2.40. The van der Waals surface area contributed by atoms with E-state index in [4.69, 9.17) is 0 Å². The maximum absolute atomic E-state index is 11.8. The summed E-state index contributed by atoms with van der Waals surface area (Å²) in [4.78, 5) is 11.6. The SMILES string of the molecule is O=C(OS(=O)(=O)c1ccccc1)c1ccccc1.[KH]. The van der Waals surface area contributed by atoms with Gasteiger partial charge in [-0.2, -0.15) is 8.42 Å². The molecule has 0 amide bonds. The predicted molar refractivity (Wildman–Crippen MR) is 72.6 cm³/mol. The quantitative estimate of drug-likeness (QED) is 0.638. The van der Waals surface area contributed by atoms with Gasteiger partial charge in [0.15, 0.2) is 0 Å². The first-order valence-corrected chi connectivity index (χ1v) is 6.59. The van der Waals surface area contributed by atoms with Crippen LogP contribution in [0.15, 0.2) is 65.6 Å². The zero-order valence-corrected chi connectivity index (χ0v) is 10.1. The second-order valence-electron chi connectivity index (χ2n) is 3.50. The number of benzene rings is 2. The third-order valence-electron chi connectivity index (χ3n) is 2.23. The van der Waals surface area contributed by atoms with Crippen LogP contribution < -0.4 is 0 Å². The van der Waals surface area contributed by atoms with E-state index < -0.39 is 16.1 Å². The monoisotopic (exact) mass is 302 g/mol. The summed E-state index contributed by atoms with van der Waals surface area (Å²) in [6, 6.07) is 15.5. The van der Waals surface area contributed by atoms with Gasteiger partial charge in [0.1, 0.15) is 4.90 Å². The normalized spacial score (nSPS) is 10.3. The summed E-state index contributed by atoms with van der Waals surface area (Å²) in [5.41, 5.74) is 0.192. The second kappa shape index (κ2) is 7.32. The molecule has 2 aromatic carbocycles. The van der Waals surface area contributed by atoms with Crippen LogP contribution in [0.25, 0.3) is 0 Å². The first-order valence-electron chi connectivity index (χ1n) is 5.18. The summed E-state index contributed by atoms with van der Waals surface area (Å²) in [5, 5.41) is 0. The topological polar surface area (TPSA) is 60.4 Å². The molecule has 0 radical (unpaired) electrons. The van der Waals surface area contributed by atoms with E-state index in [2.05, 4.69) is 4.18 Å². The summed E-state index contributed by atoms with van der Waals surface area (Å²) in [6.45, 7) is 0. The Hall–Kier alpha value is -0.504. The van der Waals surface area contributed by atoms with Gasteiger partial charge in [-0.05, 0) is 24.3 Å². The van der Waals surface area contributed by atoms with Crippen LogP contribution in [0, 0.1) is 0 Å². The van der Waals surface area contributed by atoms with E-state index in [-0.39, 0.29) is 61.8 Å². The molecule has 0 unspecified atom stereocenters. The Labute approximate surface area is 154 Å². The van der Waals surface area contributed by atoms with Gasteiger partial charge in [-0.25, -0.2) is 4.79 Å². The Morgan fingerprint density at radius 2 is 1.32 bits per heavy atom. The Bertz CT molecular complexity index is 639. The number of carbonyl (C=O) groups is 1. The van der Waals surface area contributed by atoms with Gasteiger partial charge in [0.2, 0.25) is 0 Å². The van der Waals surface area contributed by atoms with Crippen molar-refractivity contribution in [1.29, 1.82) is 0 Å². The Morgan fingerprint density at radius 1 is 0.842 bits per heavy atom. The van der Waals surface area contributed by atoms with Gasteiger partial charge in [0.05, 0.1) is 5.56 Å². The first-order chi connectivity index (χ1) is 8.59. The van der Waals surface area contributed by atoms with Crippen molar-refractivity contribution in [2.45, 2.75) is 4.90 Å². The standard InChI is InChI=1S/C13H10O4S.K.H/c14-13(11-7-3-1-4-8-11)17-18(15,16)12-9-5-2-6-10-12;;/h1-10H;;. The van der Waals surface area contributed by atoms with Crippen molar-refractivity contribution in [2.24, 2.45) is 0 Å². The van der Waals surface area contributed by atoms with Crippen molar-refractivity contribution in [1.82, 2.24) is 0 Å². The molecule has 0 heterocycles. The van der Waals surface area contributed by atoms with Crippen LogP contribution in [0.1, 0.15) is 10.4 Å². The second-order valence-corrected chi connectivity index (χ2v) is 5.05. The van der Waals surface area contributed by atoms with Crippen molar-refractivity contribution >= 4 is 67.5 Å². The predicted octanol–water partition coefficient (Wildman–Crippen LogP) is 1.58. The minimum atomic E-state index is -4.06. The van der Waals surface area contributed by atoms with Crippen molar-refractivity contribution in [2.75, 3.05) is 0 Å². The van der Waals surface area contributed by atoms with E-state index in [9.17, 15) is 13.2 Å². The van der Waals surface area contributed by atoms with Crippen molar-refractivity contribution in [3.05, 3.63) is 66.2 Å². The van der Waals surface area contributed by atoms with Crippen molar-refractivity contribution in [3.63, 3.8) is 0 Å². The van der Waals surface area contributed by atoms with E-state index in [0.717, 1.165) is 0 Å². The average molecular weight is 302 g/mol. The molecule has 94 valence electrons. The zero-order chi connectivity index (χ0) is 13.0. The van der Waals surface area contributed by atoms with E-state index in [0.29, 0.717) is 0 Å². The number of rotatable bonds is 3. The molecule has 0 aliphatic carbocycles. The van der Waals surface area contributed by atoms with Crippen LogP contribution in [0.2, 0.25) is 0 Å². The van der Waals surface area contributed by atoms with Crippen LogP contribution in [0.4, 0.5) is 0 Å². The molecular formula is C13H11KO4S. The third kappa shape index (κ3) is 4.52. The minimum absolute atomic E-state index is 0. The molecule has 0 N–H and O–H groups in total. The van der Waals surface area contributed by atoms with Gasteiger partial charge in [-0.3, -0.25) is 0 Å². The molecule has 0 spiro atoms. The fraction of sp³-hybridized carbons (Fsp3) is 0. The number of hydrogen-bond acceptors (Lipinski definition) is 4. The van der Waals surface area contributed by atoms with Crippen LogP contribution in [0.3, 0.4) is 0 Å². The molecule has 4 nitrogen and oxygen atoms in total. The molecular weight excluding hydrogens is 291 g/mol. The molecule has 0 aromatic heterocycles. The molecule has 0 aliphatic heterocycles. The van der Waals surface area contributed by atoms with Gasteiger partial charge in [0.25, 0.3) is 0 Å². The van der Waals surface area contributed by atoms with Gasteiger partial charge >= 0.3 is 67.5 Å². The molecule has 2 rings (SSSR count). The van der Waals surface area contributed by atoms with Gasteiger partial charge < -0.3 is 4.18 Å². The van der Waals surface area contributed by atoms with Crippen molar-refractivity contribution < 1.29 is 17.4 Å². The number of hydrogen-bond donors (Lipinski definition) is 0. The summed E-state index contributed by atoms with van der Waals surface area (Å²) in [7, 11) is -4.06. The first kappa shape index (κ1) is 16.6. The molecule has 0 aliphatic rings. The summed E-state index contributed by atoms with van der Waals surface area (Å²) in [6.07, 6.45) is 0. The van der Waals surface area contributed by atoms with Crippen LogP contribution in [-0.4, -0.2) is 65.8 Å². The van der Waals surface area contributed by atoms with Crippen LogP contribution in [0.5, 0.6) is 0 Å². The molecule has 0 atom stereocenters. The molecule has 2 aromatic rings. The summed E-state index contributed by atoms with van der Waals surface area (Å²) in [5.74, 6) is -0.889. The molecule has 0 saturated heterocycles. The molecule has 6 heteroatoms. The van der Waals surface area contributed by atoms with Crippen LogP contribution in [-0.2, 0) is 14.3 Å².